The average Bonchev–Trinajstić information content (AvgIpc) is 2.62. The summed E-state index contributed by atoms with van der Waals surface area (Å²) in [6.45, 7) is 7.47. The summed E-state index contributed by atoms with van der Waals surface area (Å²) in [7, 11) is 0. The van der Waals surface area contributed by atoms with Gasteiger partial charge in [-0.1, -0.05) is 103 Å². The van der Waals surface area contributed by atoms with Crippen LogP contribution >= 0.6 is 0 Å². The second-order valence-electron chi connectivity index (χ2n) is 8.33. The molecule has 0 spiro atoms. The van der Waals surface area contributed by atoms with E-state index in [1.807, 2.05) is 0 Å². The van der Waals surface area contributed by atoms with Gasteiger partial charge in [0, 0.05) is 6.04 Å². The Morgan fingerprint density at radius 3 is 1.46 bits per heavy atom. The second-order valence-corrected chi connectivity index (χ2v) is 8.33. The van der Waals surface area contributed by atoms with Crippen molar-refractivity contribution in [2.24, 2.45) is 0 Å². The molecule has 1 aliphatic heterocycles. The van der Waals surface area contributed by atoms with Gasteiger partial charge in [-0.2, -0.15) is 0 Å². The van der Waals surface area contributed by atoms with Gasteiger partial charge >= 0.3 is 0 Å². The summed E-state index contributed by atoms with van der Waals surface area (Å²) in [6.07, 6.45) is 26.3. The SMILES string of the molecule is CCCCCCCCCCCCCCCCC(C)N1CCCCC1. The van der Waals surface area contributed by atoms with E-state index in [1.54, 1.807) is 0 Å². The Morgan fingerprint density at radius 1 is 0.583 bits per heavy atom. The van der Waals surface area contributed by atoms with Crippen LogP contribution in [0.15, 0.2) is 0 Å². The summed E-state index contributed by atoms with van der Waals surface area (Å²) in [5, 5.41) is 0. The van der Waals surface area contributed by atoms with E-state index in [1.165, 1.54) is 129 Å². The van der Waals surface area contributed by atoms with E-state index in [-0.39, 0.29) is 0 Å². The Balaban J connectivity index is 1.74. The maximum Gasteiger partial charge on any atom is 0.00669 e. The van der Waals surface area contributed by atoms with E-state index >= 15 is 0 Å². The molecule has 1 unspecified atom stereocenters. The van der Waals surface area contributed by atoms with Crippen molar-refractivity contribution >= 4 is 0 Å². The molecule has 1 saturated heterocycles. The highest BCUT2D eigenvalue weighted by molar-refractivity contribution is 4.71. The molecule has 0 aromatic carbocycles. The minimum atomic E-state index is 0.836. The van der Waals surface area contributed by atoms with Crippen LogP contribution in [0.25, 0.3) is 0 Å². The van der Waals surface area contributed by atoms with E-state index in [9.17, 15) is 0 Å². The zero-order chi connectivity index (χ0) is 17.3. The van der Waals surface area contributed by atoms with Crippen LogP contribution in [0.5, 0.6) is 0 Å². The lowest BCUT2D eigenvalue weighted by molar-refractivity contribution is 0.164. The maximum atomic E-state index is 2.73. The number of rotatable bonds is 16. The lowest BCUT2D eigenvalue weighted by Crippen LogP contribution is -2.37. The molecule has 1 rings (SSSR count). The summed E-state index contributed by atoms with van der Waals surface area (Å²) >= 11 is 0. The zero-order valence-corrected chi connectivity index (χ0v) is 17.2. The molecule has 0 aromatic rings. The van der Waals surface area contributed by atoms with Crippen molar-refractivity contribution in [3.8, 4) is 0 Å². The number of hydrogen-bond acceptors (Lipinski definition) is 1. The average molecular weight is 338 g/mol. The Labute approximate surface area is 154 Å². The third-order valence-corrected chi connectivity index (χ3v) is 5.99. The van der Waals surface area contributed by atoms with Crippen molar-refractivity contribution in [1.29, 1.82) is 0 Å². The van der Waals surface area contributed by atoms with Gasteiger partial charge in [0.25, 0.3) is 0 Å². The van der Waals surface area contributed by atoms with Crippen LogP contribution in [0.2, 0.25) is 0 Å². The van der Waals surface area contributed by atoms with E-state index in [2.05, 4.69) is 18.7 Å². The molecule has 1 fully saturated rings. The van der Waals surface area contributed by atoms with Crippen molar-refractivity contribution in [1.82, 2.24) is 4.90 Å². The highest BCUT2D eigenvalue weighted by atomic mass is 15.1. The number of nitrogens with zero attached hydrogens (tertiary/aromatic N) is 1. The first-order chi connectivity index (χ1) is 11.8. The van der Waals surface area contributed by atoms with E-state index < -0.39 is 0 Å². The Morgan fingerprint density at radius 2 is 1.00 bits per heavy atom. The van der Waals surface area contributed by atoms with E-state index in [0.29, 0.717) is 0 Å². The van der Waals surface area contributed by atoms with Crippen LogP contribution < -0.4 is 0 Å². The molecule has 0 aromatic heterocycles. The molecule has 1 heterocycles. The molecule has 1 atom stereocenters. The molecule has 0 N–H and O–H groups in total. The molecule has 24 heavy (non-hydrogen) atoms. The van der Waals surface area contributed by atoms with Gasteiger partial charge in [0.1, 0.15) is 0 Å². The minimum absolute atomic E-state index is 0.836. The lowest BCUT2D eigenvalue weighted by atomic mass is 10.0. The molecular weight excluding hydrogens is 290 g/mol. The van der Waals surface area contributed by atoms with E-state index in [0.717, 1.165) is 6.04 Å². The summed E-state index contributed by atoms with van der Waals surface area (Å²) in [4.78, 5) is 2.73. The van der Waals surface area contributed by atoms with E-state index in [4.69, 9.17) is 0 Å². The minimum Gasteiger partial charge on any atom is -0.301 e. The molecule has 0 saturated carbocycles. The Bertz CT molecular complexity index is 244. The highest BCUT2D eigenvalue weighted by Gasteiger charge is 2.15. The number of piperidine rings is 1. The fraction of sp³-hybridized carbons (Fsp3) is 1.00. The number of hydrogen-bond donors (Lipinski definition) is 0. The summed E-state index contributed by atoms with van der Waals surface area (Å²) < 4.78 is 0. The van der Waals surface area contributed by atoms with Gasteiger partial charge in [0.15, 0.2) is 0 Å². The largest absolute Gasteiger partial charge is 0.301 e. The lowest BCUT2D eigenvalue weighted by Gasteiger charge is -2.32. The quantitative estimate of drug-likeness (QED) is 0.260. The van der Waals surface area contributed by atoms with Gasteiger partial charge < -0.3 is 4.90 Å². The molecule has 1 aliphatic rings. The summed E-state index contributed by atoms with van der Waals surface area (Å²) in [6, 6.07) is 0.836. The van der Waals surface area contributed by atoms with Crippen LogP contribution in [-0.2, 0) is 0 Å². The summed E-state index contributed by atoms with van der Waals surface area (Å²) in [5.41, 5.74) is 0. The van der Waals surface area contributed by atoms with Crippen LogP contribution in [0.1, 0.15) is 129 Å². The molecule has 1 heteroatoms. The Hall–Kier alpha value is -0.0400. The predicted molar refractivity (Wildman–Crippen MR) is 110 cm³/mol. The van der Waals surface area contributed by atoms with Crippen LogP contribution in [0.3, 0.4) is 0 Å². The van der Waals surface area contributed by atoms with Gasteiger partial charge in [-0.05, 0) is 39.3 Å². The van der Waals surface area contributed by atoms with Gasteiger partial charge in [0.05, 0.1) is 0 Å². The molecule has 144 valence electrons. The smallest absolute Gasteiger partial charge is 0.00669 e. The van der Waals surface area contributed by atoms with Crippen molar-refractivity contribution in [2.45, 2.75) is 135 Å². The maximum absolute atomic E-state index is 2.73. The van der Waals surface area contributed by atoms with Crippen molar-refractivity contribution in [2.75, 3.05) is 13.1 Å². The fourth-order valence-electron chi connectivity index (χ4n) is 4.18. The van der Waals surface area contributed by atoms with Crippen molar-refractivity contribution < 1.29 is 0 Å². The number of unbranched alkanes of at least 4 members (excludes halogenated alkanes) is 13. The topological polar surface area (TPSA) is 3.24 Å². The van der Waals surface area contributed by atoms with Gasteiger partial charge in [0.2, 0.25) is 0 Å². The van der Waals surface area contributed by atoms with Crippen molar-refractivity contribution in [3.05, 3.63) is 0 Å². The fourth-order valence-corrected chi connectivity index (χ4v) is 4.18. The molecule has 0 bridgehead atoms. The number of likely N-dealkylation sites (tertiary alicyclic amines) is 1. The molecule has 0 aliphatic carbocycles. The first-order valence-electron chi connectivity index (χ1n) is 11.6. The zero-order valence-electron chi connectivity index (χ0n) is 17.2. The first kappa shape index (κ1) is 22.0. The second kappa shape index (κ2) is 16.4. The third-order valence-electron chi connectivity index (χ3n) is 5.99. The monoisotopic (exact) mass is 337 g/mol. The van der Waals surface area contributed by atoms with Gasteiger partial charge in [-0.15, -0.1) is 0 Å². The normalized spacial score (nSPS) is 17.2. The molecule has 0 amide bonds. The van der Waals surface area contributed by atoms with Crippen LogP contribution in [0.4, 0.5) is 0 Å². The predicted octanol–water partition coefficient (Wildman–Crippen LogP) is 7.73. The molecular formula is C23H47N. The van der Waals surface area contributed by atoms with Gasteiger partial charge in [-0.25, -0.2) is 0 Å². The Kier molecular flexibility index (Phi) is 15.1. The van der Waals surface area contributed by atoms with Crippen LogP contribution in [0, 0.1) is 0 Å². The third kappa shape index (κ3) is 12.3. The standard InChI is InChI=1S/C23H47N/c1-3-4-5-6-7-8-9-10-11-12-13-14-15-17-20-23(2)24-21-18-16-19-22-24/h23H,3-22H2,1-2H3. The van der Waals surface area contributed by atoms with Gasteiger partial charge in [-0.3, -0.25) is 0 Å². The molecule has 0 radical (unpaired) electrons. The van der Waals surface area contributed by atoms with Crippen LogP contribution in [-0.4, -0.2) is 24.0 Å². The molecule has 1 nitrogen and oxygen atoms in total. The highest BCUT2D eigenvalue weighted by Crippen LogP contribution is 2.17. The van der Waals surface area contributed by atoms with Crippen molar-refractivity contribution in [3.63, 3.8) is 0 Å². The first-order valence-corrected chi connectivity index (χ1v) is 11.6. The summed E-state index contributed by atoms with van der Waals surface area (Å²) in [5.74, 6) is 0.